The van der Waals surface area contributed by atoms with Crippen molar-refractivity contribution in [2.45, 2.75) is 141 Å². The van der Waals surface area contributed by atoms with Gasteiger partial charge in [0.15, 0.2) is 17.1 Å². The molecule has 2 fully saturated rings. The molecule has 21 heteroatoms. The van der Waals surface area contributed by atoms with Gasteiger partial charge in [-0.25, -0.2) is 43.3 Å². The van der Waals surface area contributed by atoms with Gasteiger partial charge in [0.2, 0.25) is 5.28 Å². The third kappa shape index (κ3) is 12.1. The van der Waals surface area contributed by atoms with E-state index in [2.05, 4.69) is 64.2 Å². The monoisotopic (exact) mass is 1000 g/mol. The maximum Gasteiger partial charge on any atom is 0.332 e. The van der Waals surface area contributed by atoms with E-state index in [0.29, 0.717) is 52.7 Å². The highest BCUT2D eigenvalue weighted by Gasteiger charge is 2.27. The molecular formula is C48H63ClF2N12O4Si2. The Morgan fingerprint density at radius 1 is 0.638 bits per heavy atom. The van der Waals surface area contributed by atoms with E-state index < -0.39 is 16.1 Å². The van der Waals surface area contributed by atoms with Gasteiger partial charge in [-0.15, -0.1) is 0 Å². The van der Waals surface area contributed by atoms with E-state index in [1.54, 1.807) is 61.1 Å². The highest BCUT2D eigenvalue weighted by Crippen LogP contribution is 2.32. The van der Waals surface area contributed by atoms with Crippen LogP contribution in [0.1, 0.15) is 76.3 Å². The van der Waals surface area contributed by atoms with Crippen molar-refractivity contribution >= 4 is 61.4 Å². The molecule has 2 saturated carbocycles. The standard InChI is InChI=1S/C24H31FN6O2Si.C17H27ClN4O2Si.C7H5FN2/c1-34(2,3)12-11-33-16-30-20-14-27-22(19-13-26-21-10-9-17(25)15-29(19)21)28-23(20)31(24(30)32)18-7-5-4-6-8-18;1-25(2,3)10-9-24-12-21-14-11-19-16(18)20-15(14)22(17(21)23)13-7-5-4-6-8-13;8-6-1-2-7-9-3-4-10(7)5-6/h9-10,13-15,18H,4-8,11-12,16H2,1-3H3;11,13H,4-10,12H2,1-3H3;1-5H. The number of rotatable bonds is 13. The predicted octanol–water partition coefficient (Wildman–Crippen LogP) is 10.4. The molecule has 0 aromatic carbocycles. The molecule has 368 valence electrons. The Labute approximate surface area is 406 Å². The molecule has 2 aliphatic carbocycles. The van der Waals surface area contributed by atoms with Crippen molar-refractivity contribution in [3.8, 4) is 11.5 Å². The fourth-order valence-electron chi connectivity index (χ4n) is 8.89. The van der Waals surface area contributed by atoms with Gasteiger partial charge < -0.3 is 13.9 Å². The molecule has 0 spiro atoms. The number of hydrogen-bond acceptors (Lipinski definition) is 10. The molecule has 8 aromatic rings. The Morgan fingerprint density at radius 3 is 1.72 bits per heavy atom. The van der Waals surface area contributed by atoms with E-state index >= 15 is 0 Å². The van der Waals surface area contributed by atoms with Gasteiger partial charge in [-0.1, -0.05) is 77.8 Å². The fraction of sp³-hybridized carbons (Fsp3) is 0.500. The van der Waals surface area contributed by atoms with Gasteiger partial charge in [0.1, 0.15) is 53.1 Å². The van der Waals surface area contributed by atoms with Crippen molar-refractivity contribution in [1.82, 2.24) is 57.0 Å². The van der Waals surface area contributed by atoms with E-state index in [4.69, 9.17) is 26.1 Å². The van der Waals surface area contributed by atoms with Crippen molar-refractivity contribution < 1.29 is 18.3 Å². The first-order valence-corrected chi connectivity index (χ1v) is 31.8. The Hall–Kier alpha value is -5.42. The van der Waals surface area contributed by atoms with Crippen molar-refractivity contribution in [2.75, 3.05) is 13.2 Å². The molecule has 0 atom stereocenters. The van der Waals surface area contributed by atoms with Gasteiger partial charge in [-0.3, -0.25) is 22.7 Å². The van der Waals surface area contributed by atoms with Crippen LogP contribution in [0.15, 0.2) is 77.2 Å². The lowest BCUT2D eigenvalue weighted by Crippen LogP contribution is -2.30. The summed E-state index contributed by atoms with van der Waals surface area (Å²) >= 11 is 5.99. The summed E-state index contributed by atoms with van der Waals surface area (Å²) in [5, 5.41) is 0.175. The van der Waals surface area contributed by atoms with Crippen molar-refractivity contribution in [1.29, 1.82) is 0 Å². The number of fused-ring (bicyclic) bond motifs is 4. The minimum atomic E-state index is -1.23. The van der Waals surface area contributed by atoms with Crippen LogP contribution >= 0.6 is 11.6 Å². The highest BCUT2D eigenvalue weighted by molar-refractivity contribution is 6.76. The lowest BCUT2D eigenvalue weighted by molar-refractivity contribution is 0.0866. The van der Waals surface area contributed by atoms with Crippen LogP contribution in [0.4, 0.5) is 8.78 Å². The maximum absolute atomic E-state index is 13.9. The minimum absolute atomic E-state index is 0.0635. The van der Waals surface area contributed by atoms with Crippen molar-refractivity contribution in [2.24, 2.45) is 0 Å². The van der Waals surface area contributed by atoms with Gasteiger partial charge in [0.25, 0.3) is 0 Å². The van der Waals surface area contributed by atoms with Gasteiger partial charge >= 0.3 is 11.4 Å². The van der Waals surface area contributed by atoms with E-state index in [0.717, 1.165) is 69.1 Å². The topological polar surface area (TPSA) is 158 Å². The molecule has 0 unspecified atom stereocenters. The summed E-state index contributed by atoms with van der Waals surface area (Å²) in [6.45, 7) is 15.6. The number of halogens is 3. The molecule has 10 rings (SSSR count). The fourth-order valence-corrected chi connectivity index (χ4v) is 10.5. The van der Waals surface area contributed by atoms with Crippen LogP contribution in [0.2, 0.25) is 56.7 Å². The SMILES string of the molecule is C[Si](C)(C)CCOCn1c(=O)n(C2CCCCC2)c2nc(-c3cnc4ccc(F)cn34)ncc21.C[Si](C)(C)CCOCn1c(=O)n(C2CCCCC2)c2nc(Cl)ncc21.Fc1ccc2nccn2c1. The number of imidazole rings is 4. The lowest BCUT2D eigenvalue weighted by atomic mass is 9.95. The second-order valence-corrected chi connectivity index (χ2v) is 32.0. The quantitative estimate of drug-likeness (QED) is 0.0618. The van der Waals surface area contributed by atoms with Crippen LogP contribution in [0, 0.1) is 11.6 Å². The summed E-state index contributed by atoms with van der Waals surface area (Å²) in [7, 11) is -2.38. The Morgan fingerprint density at radius 2 is 1.16 bits per heavy atom. The molecule has 0 N–H and O–H groups in total. The van der Waals surface area contributed by atoms with Crippen LogP contribution < -0.4 is 11.4 Å². The number of hydrogen-bond donors (Lipinski definition) is 0. The first kappa shape index (κ1) is 50.0. The van der Waals surface area contributed by atoms with Crippen LogP contribution in [-0.2, 0) is 22.9 Å². The van der Waals surface area contributed by atoms with E-state index in [1.807, 2.05) is 9.13 Å². The maximum atomic E-state index is 13.9. The average Bonchev–Trinajstić information content (AvgIpc) is 4.08. The molecule has 0 bridgehead atoms. The molecule has 2 aliphatic rings. The van der Waals surface area contributed by atoms with Gasteiger partial charge in [-0.2, -0.15) is 4.98 Å². The Balaban J connectivity index is 0.000000159. The number of pyridine rings is 2. The van der Waals surface area contributed by atoms with Crippen LogP contribution in [-0.4, -0.2) is 86.3 Å². The van der Waals surface area contributed by atoms with Crippen LogP contribution in [0.3, 0.4) is 0 Å². The lowest BCUT2D eigenvalue weighted by Gasteiger charge is -2.22. The number of aromatic nitrogens is 12. The Kier molecular flexibility index (Phi) is 15.7. The summed E-state index contributed by atoms with van der Waals surface area (Å²) in [6, 6.07) is 8.42. The normalized spacial score (nSPS) is 15.2. The molecule has 0 saturated heterocycles. The average molecular weight is 1000 g/mol. The largest absolute Gasteiger partial charge is 0.361 e. The number of nitrogens with zero attached hydrogens (tertiary/aromatic N) is 12. The van der Waals surface area contributed by atoms with Gasteiger partial charge in [0, 0.05) is 66.2 Å². The van der Waals surface area contributed by atoms with Crippen LogP contribution in [0.25, 0.3) is 45.1 Å². The summed E-state index contributed by atoms with van der Waals surface area (Å²) in [6.07, 6.45) is 21.9. The van der Waals surface area contributed by atoms with E-state index in [1.165, 1.54) is 37.4 Å². The third-order valence-electron chi connectivity index (χ3n) is 12.7. The third-order valence-corrected chi connectivity index (χ3v) is 16.3. The minimum Gasteiger partial charge on any atom is -0.361 e. The first-order valence-electron chi connectivity index (χ1n) is 24.0. The van der Waals surface area contributed by atoms with E-state index in [-0.39, 0.29) is 53.8 Å². The summed E-state index contributed by atoms with van der Waals surface area (Å²) in [5.74, 6) is -0.203. The molecule has 69 heavy (non-hydrogen) atoms. The Bertz CT molecular complexity index is 3140. The van der Waals surface area contributed by atoms with Crippen molar-refractivity contribution in [3.63, 3.8) is 0 Å². The summed E-state index contributed by atoms with van der Waals surface area (Å²) in [5.41, 5.74) is 4.38. The first-order chi connectivity index (χ1) is 33.0. The predicted molar refractivity (Wildman–Crippen MR) is 270 cm³/mol. The van der Waals surface area contributed by atoms with Crippen molar-refractivity contribution in [3.05, 3.63) is 106 Å². The molecule has 8 aromatic heterocycles. The summed E-state index contributed by atoms with van der Waals surface area (Å²) < 4.78 is 48.3. The zero-order valence-electron chi connectivity index (χ0n) is 40.5. The second-order valence-electron chi connectivity index (χ2n) is 20.5. The van der Waals surface area contributed by atoms with Crippen LogP contribution in [0.5, 0.6) is 0 Å². The molecule has 16 nitrogen and oxygen atoms in total. The van der Waals surface area contributed by atoms with Gasteiger partial charge in [0.05, 0.1) is 18.6 Å². The second kappa shape index (κ2) is 21.7. The molecule has 8 heterocycles. The smallest absolute Gasteiger partial charge is 0.332 e. The molecule has 0 aliphatic heterocycles. The summed E-state index contributed by atoms with van der Waals surface area (Å²) in [4.78, 5) is 52.7. The number of ether oxygens (including phenoxy) is 2. The molecule has 0 radical (unpaired) electrons. The molecular weight excluding hydrogens is 938 g/mol. The molecule has 0 amide bonds. The van der Waals surface area contributed by atoms with E-state index in [9.17, 15) is 18.4 Å². The zero-order valence-corrected chi connectivity index (χ0v) is 43.2. The van der Waals surface area contributed by atoms with Gasteiger partial charge in [-0.05, 0) is 73.6 Å². The highest BCUT2D eigenvalue weighted by atomic mass is 35.5. The zero-order chi connectivity index (χ0) is 48.9.